The van der Waals surface area contributed by atoms with Gasteiger partial charge in [0.15, 0.2) is 6.61 Å². The number of rotatable bonds is 6. The van der Waals surface area contributed by atoms with E-state index < -0.39 is 5.91 Å². The molecule has 0 aliphatic carbocycles. The number of aromatic nitrogens is 2. The van der Waals surface area contributed by atoms with E-state index in [1.54, 1.807) is 29.3 Å². The summed E-state index contributed by atoms with van der Waals surface area (Å²) in [4.78, 5) is 23.1. The normalized spacial score (nSPS) is 15.9. The maximum atomic E-state index is 12.3. The number of nitrogens with two attached hydrogens (primary N) is 1. The molecule has 1 atom stereocenters. The average Bonchev–Trinajstić information content (AvgIpc) is 3.31. The van der Waals surface area contributed by atoms with E-state index in [0.29, 0.717) is 24.5 Å². The number of fused-ring (bicyclic) bond motifs is 1. The Kier molecular flexibility index (Phi) is 4.37. The van der Waals surface area contributed by atoms with Gasteiger partial charge < -0.3 is 20.2 Å². The molecular weight excluding hydrogens is 348 g/mol. The highest BCUT2D eigenvalue weighted by atomic mass is 16.5. The molecule has 4 rings (SSSR count). The van der Waals surface area contributed by atoms with Gasteiger partial charge in [0.25, 0.3) is 5.91 Å². The predicted octanol–water partition coefficient (Wildman–Crippen LogP) is 1.86. The fraction of sp³-hybridized carbons (Fsp3) is 0.211. The second-order valence-electron chi connectivity index (χ2n) is 6.31. The van der Waals surface area contributed by atoms with Crippen molar-refractivity contribution < 1.29 is 18.7 Å². The highest BCUT2D eigenvalue weighted by molar-refractivity contribution is 5.94. The van der Waals surface area contributed by atoms with E-state index in [9.17, 15) is 9.59 Å². The van der Waals surface area contributed by atoms with Crippen molar-refractivity contribution in [3.63, 3.8) is 0 Å². The lowest BCUT2D eigenvalue weighted by Crippen LogP contribution is -2.25. The molecule has 1 aliphatic rings. The molecule has 2 aromatic heterocycles. The average molecular weight is 366 g/mol. The first kappa shape index (κ1) is 16.9. The quantitative estimate of drug-likeness (QED) is 0.691. The van der Waals surface area contributed by atoms with E-state index in [1.807, 2.05) is 24.3 Å². The van der Waals surface area contributed by atoms with Crippen molar-refractivity contribution in [3.8, 4) is 5.75 Å². The van der Waals surface area contributed by atoms with Crippen molar-refractivity contribution in [1.29, 1.82) is 0 Å². The Labute approximate surface area is 154 Å². The highest BCUT2D eigenvalue weighted by Crippen LogP contribution is 2.37. The number of nitrogens with zero attached hydrogens (tertiary/aromatic N) is 2. The smallest absolute Gasteiger partial charge is 0.255 e. The fourth-order valence-electron chi connectivity index (χ4n) is 3.19. The molecule has 3 heterocycles. The summed E-state index contributed by atoms with van der Waals surface area (Å²) in [6.45, 7) is 0.268. The number of furan rings is 1. The van der Waals surface area contributed by atoms with E-state index in [1.165, 1.54) is 0 Å². The third kappa shape index (κ3) is 3.55. The van der Waals surface area contributed by atoms with Crippen LogP contribution >= 0.6 is 0 Å². The summed E-state index contributed by atoms with van der Waals surface area (Å²) < 4.78 is 12.4. The zero-order valence-corrected chi connectivity index (χ0v) is 14.4. The molecule has 3 aromatic rings. The summed E-state index contributed by atoms with van der Waals surface area (Å²) in [7, 11) is 0. The minimum Gasteiger partial charge on any atom is -0.484 e. The monoisotopic (exact) mass is 366 g/mol. The number of nitrogens with one attached hydrogen (secondary N) is 1. The SMILES string of the molecule is NC(=O)COc1ccc([C@@H]2CC(=O)Nc3c2cnn3Cc2ccco2)cc1. The third-order valence-corrected chi connectivity index (χ3v) is 4.44. The summed E-state index contributed by atoms with van der Waals surface area (Å²) in [5.41, 5.74) is 7.00. The maximum absolute atomic E-state index is 12.3. The van der Waals surface area contributed by atoms with Gasteiger partial charge >= 0.3 is 0 Å². The molecule has 0 radical (unpaired) electrons. The van der Waals surface area contributed by atoms with Gasteiger partial charge in [0.2, 0.25) is 5.91 Å². The lowest BCUT2D eigenvalue weighted by atomic mass is 9.87. The Bertz CT molecular complexity index is 960. The Morgan fingerprint density at radius 2 is 2.15 bits per heavy atom. The van der Waals surface area contributed by atoms with E-state index in [0.717, 1.165) is 16.9 Å². The zero-order valence-electron chi connectivity index (χ0n) is 14.4. The minimum absolute atomic E-state index is 0.0669. The van der Waals surface area contributed by atoms with Gasteiger partial charge in [-0.25, -0.2) is 4.68 Å². The van der Waals surface area contributed by atoms with Crippen molar-refractivity contribution in [2.24, 2.45) is 5.73 Å². The maximum Gasteiger partial charge on any atom is 0.255 e. The van der Waals surface area contributed by atoms with Crippen LogP contribution in [0.2, 0.25) is 0 Å². The molecule has 0 bridgehead atoms. The van der Waals surface area contributed by atoms with Crippen LogP contribution < -0.4 is 15.8 Å². The van der Waals surface area contributed by atoms with E-state index in [2.05, 4.69) is 10.4 Å². The lowest BCUT2D eigenvalue weighted by molar-refractivity contribution is -0.120. The third-order valence-electron chi connectivity index (χ3n) is 4.44. The van der Waals surface area contributed by atoms with Crippen LogP contribution in [0.3, 0.4) is 0 Å². The predicted molar refractivity (Wildman–Crippen MR) is 96.3 cm³/mol. The van der Waals surface area contributed by atoms with Crippen molar-refractivity contribution >= 4 is 17.6 Å². The van der Waals surface area contributed by atoms with Gasteiger partial charge in [0.05, 0.1) is 12.5 Å². The molecule has 138 valence electrons. The molecule has 2 amide bonds. The Morgan fingerprint density at radius 3 is 2.85 bits per heavy atom. The molecule has 0 spiro atoms. The second-order valence-corrected chi connectivity index (χ2v) is 6.31. The number of amides is 2. The van der Waals surface area contributed by atoms with Gasteiger partial charge in [-0.05, 0) is 29.8 Å². The van der Waals surface area contributed by atoms with Gasteiger partial charge in [0.1, 0.15) is 23.9 Å². The number of benzene rings is 1. The molecule has 0 unspecified atom stereocenters. The zero-order chi connectivity index (χ0) is 18.8. The molecule has 0 fully saturated rings. The molecular formula is C19H18N4O4. The summed E-state index contributed by atoms with van der Waals surface area (Å²) in [6, 6.07) is 11.0. The Morgan fingerprint density at radius 1 is 1.33 bits per heavy atom. The number of carbonyl (C=O) groups excluding carboxylic acids is 2. The molecule has 0 saturated heterocycles. The summed E-state index contributed by atoms with van der Waals surface area (Å²) in [5, 5.41) is 7.32. The van der Waals surface area contributed by atoms with E-state index in [-0.39, 0.29) is 18.4 Å². The molecule has 1 aliphatic heterocycles. The van der Waals surface area contributed by atoms with Gasteiger partial charge in [-0.3, -0.25) is 9.59 Å². The molecule has 0 saturated carbocycles. The van der Waals surface area contributed by atoms with Crippen molar-refractivity contribution in [2.75, 3.05) is 11.9 Å². The molecule has 1 aromatic carbocycles. The molecule has 27 heavy (non-hydrogen) atoms. The lowest BCUT2D eigenvalue weighted by Gasteiger charge is -2.23. The number of anilines is 1. The van der Waals surface area contributed by atoms with Gasteiger partial charge in [0, 0.05) is 17.9 Å². The van der Waals surface area contributed by atoms with E-state index >= 15 is 0 Å². The van der Waals surface area contributed by atoms with Crippen molar-refractivity contribution in [1.82, 2.24) is 9.78 Å². The Hall–Kier alpha value is -3.55. The van der Waals surface area contributed by atoms with Crippen LogP contribution in [0.1, 0.15) is 29.2 Å². The number of primary amides is 1. The fourth-order valence-corrected chi connectivity index (χ4v) is 3.19. The van der Waals surface area contributed by atoms with Crippen LogP contribution in [-0.4, -0.2) is 28.2 Å². The van der Waals surface area contributed by atoms with Crippen LogP contribution in [0.15, 0.2) is 53.3 Å². The molecule has 8 heteroatoms. The topological polar surface area (TPSA) is 112 Å². The minimum atomic E-state index is -0.531. The number of carbonyl (C=O) groups is 2. The first-order chi connectivity index (χ1) is 13.1. The highest BCUT2D eigenvalue weighted by Gasteiger charge is 2.30. The van der Waals surface area contributed by atoms with Crippen LogP contribution in [0.4, 0.5) is 5.82 Å². The summed E-state index contributed by atoms with van der Waals surface area (Å²) >= 11 is 0. The standard InChI is InChI=1S/C19H18N4O4/c20-17(24)11-27-13-5-3-12(4-6-13)15-8-18(25)22-19-16(15)9-21-23(19)10-14-2-1-7-26-14/h1-7,9,15H,8,10-11H2,(H2,20,24)(H,22,25)/t15-/m0/s1. The van der Waals surface area contributed by atoms with Crippen molar-refractivity contribution in [3.05, 3.63) is 65.7 Å². The van der Waals surface area contributed by atoms with Gasteiger partial charge in [-0.1, -0.05) is 12.1 Å². The van der Waals surface area contributed by atoms with Crippen molar-refractivity contribution in [2.45, 2.75) is 18.9 Å². The number of hydrogen-bond acceptors (Lipinski definition) is 5. The second kappa shape index (κ2) is 6.99. The Balaban J connectivity index is 1.59. The number of hydrogen-bond donors (Lipinski definition) is 2. The first-order valence-corrected chi connectivity index (χ1v) is 8.49. The first-order valence-electron chi connectivity index (χ1n) is 8.49. The van der Waals surface area contributed by atoms with Crippen LogP contribution in [0, 0.1) is 0 Å². The molecule has 3 N–H and O–H groups in total. The summed E-state index contributed by atoms with van der Waals surface area (Å²) in [6.07, 6.45) is 3.72. The van der Waals surface area contributed by atoms with Crippen LogP contribution in [0.5, 0.6) is 5.75 Å². The van der Waals surface area contributed by atoms with E-state index in [4.69, 9.17) is 14.9 Å². The summed E-state index contributed by atoms with van der Waals surface area (Å²) in [5.74, 6) is 1.28. The molecule has 8 nitrogen and oxygen atoms in total. The largest absolute Gasteiger partial charge is 0.484 e. The van der Waals surface area contributed by atoms with Gasteiger partial charge in [-0.2, -0.15) is 5.10 Å². The van der Waals surface area contributed by atoms with Gasteiger partial charge in [-0.15, -0.1) is 0 Å². The van der Waals surface area contributed by atoms with Crippen LogP contribution in [0.25, 0.3) is 0 Å². The van der Waals surface area contributed by atoms with Crippen LogP contribution in [-0.2, 0) is 16.1 Å². The number of ether oxygens (including phenoxy) is 1.